The molecule has 1 fully saturated rings. The highest BCUT2D eigenvalue weighted by molar-refractivity contribution is 6.02. The lowest BCUT2D eigenvalue weighted by Crippen LogP contribution is -2.45. The van der Waals surface area contributed by atoms with Crippen LogP contribution in [0.4, 0.5) is 4.39 Å². The number of allylic oxidation sites excluding steroid dienone is 1. The molecule has 146 valence electrons. The zero-order valence-corrected chi connectivity index (χ0v) is 15.9. The van der Waals surface area contributed by atoms with Gasteiger partial charge in [-0.1, -0.05) is 12.1 Å². The molecule has 0 bridgehead atoms. The van der Waals surface area contributed by atoms with Crippen molar-refractivity contribution in [3.8, 4) is 0 Å². The van der Waals surface area contributed by atoms with Crippen molar-refractivity contribution in [2.45, 2.75) is 32.2 Å². The minimum atomic E-state index is -0.291. The Balaban J connectivity index is 2.13. The summed E-state index contributed by atoms with van der Waals surface area (Å²) in [6.45, 7) is 3.34. The number of nitrogens with zero attached hydrogens (tertiary/aromatic N) is 3. The Morgan fingerprint density at radius 2 is 2.11 bits per heavy atom. The number of amides is 2. The molecule has 2 rings (SSSR count). The van der Waals surface area contributed by atoms with Crippen LogP contribution in [0, 0.1) is 5.82 Å². The topological polar surface area (TPSA) is 79.0 Å². The molecule has 1 atom stereocenters. The number of carbonyl (C=O) groups excluding carboxylic acids is 2. The molecule has 0 radical (unpaired) electrons. The minimum absolute atomic E-state index is 0.00610. The molecule has 1 aromatic carbocycles. The van der Waals surface area contributed by atoms with Gasteiger partial charge in [-0.3, -0.25) is 14.6 Å². The summed E-state index contributed by atoms with van der Waals surface area (Å²) in [5.41, 5.74) is 7.69. The molecule has 0 saturated carbocycles. The highest BCUT2D eigenvalue weighted by atomic mass is 19.1. The molecule has 1 heterocycles. The van der Waals surface area contributed by atoms with Crippen LogP contribution >= 0.6 is 0 Å². The average Bonchev–Trinajstić information content (AvgIpc) is 3.12. The van der Waals surface area contributed by atoms with Gasteiger partial charge in [0.25, 0.3) is 5.91 Å². The van der Waals surface area contributed by atoms with Crippen LogP contribution in [-0.4, -0.2) is 60.6 Å². The van der Waals surface area contributed by atoms with Gasteiger partial charge in [0.2, 0.25) is 6.41 Å². The van der Waals surface area contributed by atoms with Gasteiger partial charge in [-0.05, 0) is 50.0 Å². The van der Waals surface area contributed by atoms with Crippen LogP contribution in [0.3, 0.4) is 0 Å². The van der Waals surface area contributed by atoms with Crippen LogP contribution in [0.1, 0.15) is 25.3 Å². The monoisotopic (exact) mass is 374 g/mol. The van der Waals surface area contributed by atoms with Gasteiger partial charge in [-0.15, -0.1) is 0 Å². The van der Waals surface area contributed by atoms with E-state index in [0.717, 1.165) is 24.8 Å². The van der Waals surface area contributed by atoms with Crippen molar-refractivity contribution >= 4 is 18.0 Å². The third kappa shape index (κ3) is 5.91. The van der Waals surface area contributed by atoms with Crippen molar-refractivity contribution in [3.05, 3.63) is 47.4 Å². The summed E-state index contributed by atoms with van der Waals surface area (Å²) in [5.74, 6) is -0.571. The van der Waals surface area contributed by atoms with E-state index in [2.05, 4.69) is 4.99 Å². The highest BCUT2D eigenvalue weighted by Gasteiger charge is 2.27. The molecule has 1 aliphatic rings. The molecule has 2 amide bonds. The third-order valence-electron chi connectivity index (χ3n) is 4.82. The van der Waals surface area contributed by atoms with Crippen molar-refractivity contribution in [1.29, 1.82) is 0 Å². The van der Waals surface area contributed by atoms with Gasteiger partial charge in [0.1, 0.15) is 5.82 Å². The lowest BCUT2D eigenvalue weighted by Gasteiger charge is -2.29. The van der Waals surface area contributed by atoms with E-state index in [1.807, 2.05) is 0 Å². The Hall–Kier alpha value is -2.70. The maximum absolute atomic E-state index is 13.1. The summed E-state index contributed by atoms with van der Waals surface area (Å²) in [5, 5.41) is 0. The van der Waals surface area contributed by atoms with Crippen LogP contribution < -0.4 is 5.73 Å². The van der Waals surface area contributed by atoms with Gasteiger partial charge in [0.15, 0.2) is 0 Å². The van der Waals surface area contributed by atoms with Crippen molar-refractivity contribution in [2.24, 2.45) is 10.7 Å². The molecular weight excluding hydrogens is 347 g/mol. The first kappa shape index (κ1) is 20.6. The summed E-state index contributed by atoms with van der Waals surface area (Å²) in [7, 11) is 1.64. The minimum Gasteiger partial charge on any atom is -0.394 e. The van der Waals surface area contributed by atoms with E-state index < -0.39 is 0 Å². The molecule has 7 heteroatoms. The number of rotatable bonds is 8. The van der Waals surface area contributed by atoms with Crippen molar-refractivity contribution in [3.63, 3.8) is 0 Å². The van der Waals surface area contributed by atoms with Crippen LogP contribution in [0.15, 0.2) is 41.0 Å². The van der Waals surface area contributed by atoms with Gasteiger partial charge >= 0.3 is 0 Å². The Kier molecular flexibility index (Phi) is 7.52. The summed E-state index contributed by atoms with van der Waals surface area (Å²) in [4.78, 5) is 31.5. The van der Waals surface area contributed by atoms with Crippen molar-refractivity contribution < 1.29 is 14.0 Å². The number of aliphatic imine (C=N–C) groups is 1. The largest absolute Gasteiger partial charge is 0.394 e. The van der Waals surface area contributed by atoms with E-state index in [-0.39, 0.29) is 23.5 Å². The molecule has 6 nitrogen and oxygen atoms in total. The second-order valence-corrected chi connectivity index (χ2v) is 6.73. The quantitative estimate of drug-likeness (QED) is 0.428. The molecule has 2 N–H and O–H groups in total. The number of likely N-dealkylation sites (tertiary alicyclic amines) is 1. The Bertz CT molecular complexity index is 715. The molecule has 1 aliphatic heterocycles. The van der Waals surface area contributed by atoms with Crippen LogP contribution in [-0.2, 0) is 16.0 Å². The lowest BCUT2D eigenvalue weighted by molar-refractivity contribution is -0.129. The Labute approximate surface area is 159 Å². The molecule has 27 heavy (non-hydrogen) atoms. The first-order valence-corrected chi connectivity index (χ1v) is 9.10. The molecule has 0 aromatic heterocycles. The van der Waals surface area contributed by atoms with Gasteiger partial charge in [-0.25, -0.2) is 4.39 Å². The smallest absolute Gasteiger partial charge is 0.269 e. The predicted octanol–water partition coefficient (Wildman–Crippen LogP) is 1.75. The van der Waals surface area contributed by atoms with E-state index in [1.54, 1.807) is 42.0 Å². The van der Waals surface area contributed by atoms with Gasteiger partial charge < -0.3 is 15.5 Å². The molecule has 0 spiro atoms. The van der Waals surface area contributed by atoms with Crippen LogP contribution in [0.5, 0.6) is 0 Å². The number of nitrogens with two attached hydrogens (primary N) is 1. The molecule has 1 aromatic rings. The van der Waals surface area contributed by atoms with Gasteiger partial charge in [-0.2, -0.15) is 0 Å². The number of hydrogen-bond acceptors (Lipinski definition) is 4. The number of benzene rings is 1. The SMILES string of the molecule is CN=C(C)C=C(N)C(=O)N(CCc1ccc(F)cc1)CC1CCCN1C=O. The average molecular weight is 374 g/mol. The number of carbonyl (C=O) groups is 2. The lowest BCUT2D eigenvalue weighted by atomic mass is 10.1. The zero-order chi connectivity index (χ0) is 19.8. The summed E-state index contributed by atoms with van der Waals surface area (Å²) < 4.78 is 13.1. The molecule has 0 aliphatic carbocycles. The second kappa shape index (κ2) is 9.85. The summed E-state index contributed by atoms with van der Waals surface area (Å²) in [6.07, 6.45) is 4.76. The third-order valence-corrected chi connectivity index (χ3v) is 4.82. The molecule has 1 saturated heterocycles. The summed E-state index contributed by atoms with van der Waals surface area (Å²) >= 11 is 0. The maximum atomic E-state index is 13.1. The first-order valence-electron chi connectivity index (χ1n) is 9.10. The fraction of sp³-hybridized carbons (Fsp3) is 0.450. The van der Waals surface area contributed by atoms with E-state index in [1.165, 1.54) is 12.1 Å². The van der Waals surface area contributed by atoms with E-state index in [9.17, 15) is 14.0 Å². The maximum Gasteiger partial charge on any atom is 0.269 e. The van der Waals surface area contributed by atoms with E-state index in [0.29, 0.717) is 31.8 Å². The normalized spacial score (nSPS) is 17.9. The number of halogens is 1. The fourth-order valence-corrected chi connectivity index (χ4v) is 3.17. The standard InChI is InChI=1S/C20H27FN4O2/c1-15(23-2)12-19(22)20(27)24(13-18-4-3-10-25(18)14-26)11-9-16-5-7-17(21)8-6-16/h5-8,12,14,18H,3-4,9-11,13,22H2,1-2H3. The van der Waals surface area contributed by atoms with Crippen LogP contribution in [0.25, 0.3) is 0 Å². The zero-order valence-electron chi connectivity index (χ0n) is 15.9. The Morgan fingerprint density at radius 1 is 1.41 bits per heavy atom. The summed E-state index contributed by atoms with van der Waals surface area (Å²) in [6, 6.07) is 6.22. The molecule has 1 unspecified atom stereocenters. The second-order valence-electron chi connectivity index (χ2n) is 6.73. The fourth-order valence-electron chi connectivity index (χ4n) is 3.17. The first-order chi connectivity index (χ1) is 12.9. The highest BCUT2D eigenvalue weighted by Crippen LogP contribution is 2.17. The van der Waals surface area contributed by atoms with E-state index in [4.69, 9.17) is 5.73 Å². The van der Waals surface area contributed by atoms with E-state index >= 15 is 0 Å². The Morgan fingerprint density at radius 3 is 2.74 bits per heavy atom. The molecular formula is C20H27FN4O2. The van der Waals surface area contributed by atoms with Gasteiger partial charge in [0, 0.05) is 38.4 Å². The van der Waals surface area contributed by atoms with Gasteiger partial charge in [0.05, 0.1) is 5.70 Å². The van der Waals surface area contributed by atoms with Crippen molar-refractivity contribution in [1.82, 2.24) is 9.80 Å². The number of hydrogen-bond donors (Lipinski definition) is 1. The van der Waals surface area contributed by atoms with Crippen molar-refractivity contribution in [2.75, 3.05) is 26.7 Å². The predicted molar refractivity (Wildman–Crippen MR) is 104 cm³/mol. The van der Waals surface area contributed by atoms with Crippen LogP contribution in [0.2, 0.25) is 0 Å².